The van der Waals surface area contributed by atoms with Crippen LogP contribution in [0.2, 0.25) is 0 Å². The van der Waals surface area contributed by atoms with E-state index in [-0.39, 0.29) is 11.7 Å². The zero-order chi connectivity index (χ0) is 17.3. The summed E-state index contributed by atoms with van der Waals surface area (Å²) in [6, 6.07) is 6.02. The highest BCUT2D eigenvalue weighted by atomic mass is 16.5. The third-order valence-electron chi connectivity index (χ3n) is 7.26. The zero-order valence-corrected chi connectivity index (χ0v) is 14.9. The van der Waals surface area contributed by atoms with Crippen LogP contribution in [0.15, 0.2) is 18.2 Å². The zero-order valence-electron chi connectivity index (χ0n) is 14.9. The molecule has 7 atom stereocenters. The fraction of sp³-hybridized carbons (Fsp3) is 0.650. The third kappa shape index (κ3) is 1.88. The summed E-state index contributed by atoms with van der Waals surface area (Å²) < 4.78 is 5.30. The van der Waals surface area contributed by atoms with Crippen molar-refractivity contribution in [2.75, 3.05) is 25.5 Å². The number of carbonyl (C=O) groups is 1. The van der Waals surface area contributed by atoms with Crippen molar-refractivity contribution in [1.82, 2.24) is 4.90 Å². The van der Waals surface area contributed by atoms with Gasteiger partial charge in [-0.3, -0.25) is 9.69 Å². The molecule has 4 bridgehead atoms. The first-order valence-corrected chi connectivity index (χ1v) is 9.51. The van der Waals surface area contributed by atoms with Crippen LogP contribution in [0.4, 0.5) is 5.69 Å². The van der Waals surface area contributed by atoms with Crippen LogP contribution in [0.5, 0.6) is 5.75 Å². The molecule has 0 amide bonds. The molecule has 0 aromatic heterocycles. The molecule has 5 aliphatic rings. The van der Waals surface area contributed by atoms with Gasteiger partial charge in [-0.15, -0.1) is 0 Å². The largest absolute Gasteiger partial charge is 0.497 e. The molecule has 6 rings (SSSR count). The summed E-state index contributed by atoms with van der Waals surface area (Å²) in [7, 11) is 1.61. The molecule has 1 unspecified atom stereocenters. The van der Waals surface area contributed by atoms with E-state index in [9.17, 15) is 9.90 Å². The second kappa shape index (κ2) is 5.21. The minimum absolute atomic E-state index is 0.0564. The third-order valence-corrected chi connectivity index (χ3v) is 7.26. The van der Waals surface area contributed by atoms with Crippen molar-refractivity contribution in [2.45, 2.75) is 43.9 Å². The van der Waals surface area contributed by atoms with Crippen LogP contribution in [0.25, 0.3) is 0 Å². The molecule has 1 aromatic carbocycles. The fourth-order valence-electron chi connectivity index (χ4n) is 6.26. The summed E-state index contributed by atoms with van der Waals surface area (Å²) in [5.74, 6) is 2.21. The van der Waals surface area contributed by atoms with Crippen LogP contribution in [0.3, 0.4) is 0 Å². The summed E-state index contributed by atoms with van der Waals surface area (Å²) in [6.45, 7) is 3.94. The summed E-state index contributed by atoms with van der Waals surface area (Å²) in [5, 5.41) is 14.6. The Labute approximate surface area is 148 Å². The van der Waals surface area contributed by atoms with E-state index >= 15 is 0 Å². The van der Waals surface area contributed by atoms with Gasteiger partial charge in [-0.2, -0.15) is 0 Å². The highest BCUT2D eigenvalue weighted by Crippen LogP contribution is 2.55. The topological polar surface area (TPSA) is 61.8 Å². The lowest BCUT2D eigenvalue weighted by Crippen LogP contribution is -2.76. The number of carbonyl (C=O) groups excluding carboxylic acids is 1. The maximum Gasteiger partial charge on any atom is 0.193 e. The predicted octanol–water partition coefficient (Wildman–Crippen LogP) is 2.15. The maximum absolute atomic E-state index is 13.5. The number of aliphatic hydroxyl groups excluding tert-OH is 1. The summed E-state index contributed by atoms with van der Waals surface area (Å²) >= 11 is 0. The molecule has 4 heterocycles. The lowest BCUT2D eigenvalue weighted by Gasteiger charge is -2.63. The van der Waals surface area contributed by atoms with E-state index in [1.54, 1.807) is 7.11 Å². The standard InChI is InChI=1S/C20H26N2O3/c1-3-12-6-11-7-15-18(12)22(9-11)10-17(23)20(15)19(24)14-8-13(25-2)4-5-16(14)21-20/h4-5,8,11-12,15,17-18,21,23H,3,6-7,9-10H2,1-2H3/t11-,12-,15+,17+,18-,20-/m0/s1. The van der Waals surface area contributed by atoms with Gasteiger partial charge in [-0.05, 0) is 42.9 Å². The summed E-state index contributed by atoms with van der Waals surface area (Å²) in [6.07, 6.45) is 2.79. The van der Waals surface area contributed by atoms with Gasteiger partial charge in [-0.1, -0.05) is 13.3 Å². The van der Waals surface area contributed by atoms with Crippen LogP contribution in [0.1, 0.15) is 36.5 Å². The first-order valence-electron chi connectivity index (χ1n) is 9.51. The number of ketones is 1. The van der Waals surface area contributed by atoms with Gasteiger partial charge in [0.15, 0.2) is 5.78 Å². The second-order valence-electron chi connectivity index (χ2n) is 8.31. The van der Waals surface area contributed by atoms with E-state index in [0.717, 1.165) is 25.1 Å². The number of fused-ring (bicyclic) bond motifs is 2. The van der Waals surface area contributed by atoms with Crippen LogP contribution >= 0.6 is 0 Å². The minimum atomic E-state index is -0.859. The normalized spacial score (nSPS) is 43.9. The molecular weight excluding hydrogens is 316 g/mol. The Balaban J connectivity index is 1.60. The van der Waals surface area contributed by atoms with Crippen molar-refractivity contribution in [1.29, 1.82) is 0 Å². The van der Waals surface area contributed by atoms with Crippen LogP contribution in [-0.4, -0.2) is 53.7 Å². The van der Waals surface area contributed by atoms with E-state index in [0.29, 0.717) is 35.7 Å². The molecule has 1 aromatic rings. The maximum atomic E-state index is 13.5. The fourth-order valence-corrected chi connectivity index (χ4v) is 6.26. The average Bonchev–Trinajstić information content (AvgIpc) is 2.93. The monoisotopic (exact) mass is 342 g/mol. The number of methoxy groups -OCH3 is 1. The number of hydrogen-bond donors (Lipinski definition) is 2. The Morgan fingerprint density at radius 3 is 2.96 bits per heavy atom. The van der Waals surface area contributed by atoms with Gasteiger partial charge >= 0.3 is 0 Å². The average molecular weight is 342 g/mol. The molecule has 5 heteroatoms. The molecule has 1 spiro atoms. The van der Waals surface area contributed by atoms with Crippen molar-refractivity contribution in [2.24, 2.45) is 17.8 Å². The number of nitrogens with zero attached hydrogens (tertiary/aromatic N) is 1. The van der Waals surface area contributed by atoms with E-state index in [1.807, 2.05) is 18.2 Å². The Bertz CT molecular complexity index is 736. The van der Waals surface area contributed by atoms with Gasteiger partial charge in [0.25, 0.3) is 0 Å². The van der Waals surface area contributed by atoms with Crippen LogP contribution in [-0.2, 0) is 0 Å². The molecule has 1 saturated carbocycles. The van der Waals surface area contributed by atoms with Gasteiger partial charge in [-0.25, -0.2) is 0 Å². The quantitative estimate of drug-likeness (QED) is 0.862. The van der Waals surface area contributed by atoms with E-state index in [1.165, 1.54) is 6.42 Å². The SMILES string of the molecule is CC[C@H]1C[C@H]2C[C@@H]3[C@H]1N(C2)C[C@@H](O)[C@@]31Nc2ccc(OC)cc2C1=O. The first-order chi connectivity index (χ1) is 12.1. The van der Waals surface area contributed by atoms with E-state index in [4.69, 9.17) is 4.74 Å². The van der Waals surface area contributed by atoms with Crippen molar-refractivity contribution in [3.63, 3.8) is 0 Å². The summed E-state index contributed by atoms with van der Waals surface area (Å²) in [4.78, 5) is 16.0. The highest BCUT2D eigenvalue weighted by molar-refractivity contribution is 6.14. The Hall–Kier alpha value is -1.59. The molecule has 1 aliphatic carbocycles. The van der Waals surface area contributed by atoms with Crippen LogP contribution < -0.4 is 10.1 Å². The molecule has 3 saturated heterocycles. The lowest BCUT2D eigenvalue weighted by molar-refractivity contribution is -0.132. The smallest absolute Gasteiger partial charge is 0.193 e. The number of aliphatic hydroxyl groups is 1. The van der Waals surface area contributed by atoms with Gasteiger partial charge in [0.2, 0.25) is 0 Å². The van der Waals surface area contributed by atoms with Crippen molar-refractivity contribution >= 4 is 11.5 Å². The number of benzene rings is 1. The van der Waals surface area contributed by atoms with E-state index < -0.39 is 11.6 Å². The van der Waals surface area contributed by atoms with Crippen molar-refractivity contribution in [3.05, 3.63) is 23.8 Å². The minimum Gasteiger partial charge on any atom is -0.497 e. The van der Waals surface area contributed by atoms with Gasteiger partial charge in [0, 0.05) is 36.3 Å². The second-order valence-corrected chi connectivity index (χ2v) is 8.31. The highest BCUT2D eigenvalue weighted by Gasteiger charge is 2.65. The molecular formula is C20H26N2O3. The molecule has 4 aliphatic heterocycles. The number of nitrogens with one attached hydrogen (secondary N) is 1. The Morgan fingerprint density at radius 2 is 2.20 bits per heavy atom. The van der Waals surface area contributed by atoms with Gasteiger partial charge in [0.1, 0.15) is 11.3 Å². The number of hydrogen-bond acceptors (Lipinski definition) is 5. The van der Waals surface area contributed by atoms with Crippen molar-refractivity contribution in [3.8, 4) is 5.75 Å². The van der Waals surface area contributed by atoms with Crippen molar-refractivity contribution < 1.29 is 14.6 Å². The Kier molecular flexibility index (Phi) is 3.26. The molecule has 0 radical (unpaired) electrons. The molecule has 4 fully saturated rings. The molecule has 2 N–H and O–H groups in total. The first kappa shape index (κ1) is 15.6. The van der Waals surface area contributed by atoms with Gasteiger partial charge in [0.05, 0.1) is 13.2 Å². The number of Topliss-reactive ketones (excluding diaryl/α,β-unsaturated/α-hetero) is 1. The number of piperidine rings is 3. The molecule has 25 heavy (non-hydrogen) atoms. The van der Waals surface area contributed by atoms with E-state index in [2.05, 4.69) is 17.1 Å². The molecule has 5 nitrogen and oxygen atoms in total. The molecule has 134 valence electrons. The predicted molar refractivity (Wildman–Crippen MR) is 95.0 cm³/mol. The number of anilines is 1. The number of rotatable bonds is 2. The Morgan fingerprint density at radius 1 is 1.36 bits per heavy atom. The van der Waals surface area contributed by atoms with Gasteiger partial charge < -0.3 is 15.2 Å². The summed E-state index contributed by atoms with van der Waals surface area (Å²) in [5.41, 5.74) is 0.650. The number of ether oxygens (including phenoxy) is 1. The van der Waals surface area contributed by atoms with Crippen LogP contribution in [0, 0.1) is 17.8 Å². The lowest BCUT2D eigenvalue weighted by atomic mass is 9.55.